The Hall–Kier alpha value is -3.99. The molecular weight excluding hydrogens is 448 g/mol. The van der Waals surface area contributed by atoms with Gasteiger partial charge in [-0.15, -0.1) is 0 Å². The third-order valence-corrected chi connectivity index (χ3v) is 5.53. The van der Waals surface area contributed by atoms with Crippen molar-refractivity contribution in [3.63, 3.8) is 0 Å². The van der Waals surface area contributed by atoms with E-state index in [0.29, 0.717) is 48.5 Å². The Kier molecular flexibility index (Phi) is 7.88. The summed E-state index contributed by atoms with van der Waals surface area (Å²) >= 11 is 0. The summed E-state index contributed by atoms with van der Waals surface area (Å²) in [5.41, 5.74) is 1.46. The first-order valence-electron chi connectivity index (χ1n) is 11.2. The van der Waals surface area contributed by atoms with E-state index in [0.717, 1.165) is 4.90 Å². The molecule has 10 heteroatoms. The Morgan fingerprint density at radius 1 is 0.771 bits per heavy atom. The average Bonchev–Trinajstić information content (AvgIpc) is 3.32. The Morgan fingerprint density at radius 2 is 1.34 bits per heavy atom. The number of carbonyl (C=O) groups excluding carboxylic acids is 2. The summed E-state index contributed by atoms with van der Waals surface area (Å²) in [6, 6.07) is 17.1. The van der Waals surface area contributed by atoms with E-state index < -0.39 is 11.8 Å². The minimum atomic E-state index is -0.522. The minimum absolute atomic E-state index is 0.0187. The highest BCUT2D eigenvalue weighted by Gasteiger charge is 2.30. The van der Waals surface area contributed by atoms with Gasteiger partial charge in [-0.2, -0.15) is 0 Å². The van der Waals surface area contributed by atoms with Gasteiger partial charge in [-0.05, 0) is 24.3 Å². The quantitative estimate of drug-likeness (QED) is 0.332. The number of nitrogens with zero attached hydrogens (tertiary/aromatic N) is 6. The van der Waals surface area contributed by atoms with E-state index in [1.165, 1.54) is 6.33 Å². The Bertz CT molecular complexity index is 1220. The van der Waals surface area contributed by atoms with Gasteiger partial charge >= 0.3 is 0 Å². The van der Waals surface area contributed by atoms with E-state index >= 15 is 0 Å². The van der Waals surface area contributed by atoms with Gasteiger partial charge in [-0.1, -0.05) is 36.4 Å². The number of aliphatic hydroxyl groups excluding tert-OH is 2. The number of aromatic nitrogens is 4. The van der Waals surface area contributed by atoms with Gasteiger partial charge < -0.3 is 14.8 Å². The van der Waals surface area contributed by atoms with Crippen molar-refractivity contribution in [2.45, 2.75) is 6.54 Å². The van der Waals surface area contributed by atoms with Gasteiger partial charge in [0.05, 0.1) is 19.5 Å². The number of aliphatic hydroxyl groups is 2. The highest BCUT2D eigenvalue weighted by molar-refractivity contribution is 6.27. The van der Waals surface area contributed by atoms with E-state index in [1.807, 2.05) is 4.90 Å². The molecule has 0 bridgehead atoms. The lowest BCUT2D eigenvalue weighted by Crippen LogP contribution is -2.38. The van der Waals surface area contributed by atoms with Gasteiger partial charge in [0.25, 0.3) is 11.8 Å². The highest BCUT2D eigenvalue weighted by Crippen LogP contribution is 2.25. The van der Waals surface area contributed by atoms with Crippen LogP contribution >= 0.6 is 0 Å². The van der Waals surface area contributed by atoms with Crippen LogP contribution < -0.4 is 4.90 Å². The van der Waals surface area contributed by atoms with Crippen LogP contribution in [0.25, 0.3) is 11.2 Å². The van der Waals surface area contributed by atoms with Crippen LogP contribution in [0.3, 0.4) is 0 Å². The SMILES string of the molecule is O=C(c1ccccc1)N(C(=O)c1ccccc1)c1ncnc2c1ncn2CCN(CCO)CCO. The molecule has 2 amide bonds. The van der Waals surface area contributed by atoms with Crippen molar-refractivity contribution in [3.8, 4) is 0 Å². The molecule has 0 aliphatic heterocycles. The molecule has 2 N–H and O–H groups in total. The molecule has 2 heterocycles. The average molecular weight is 475 g/mol. The van der Waals surface area contributed by atoms with E-state index in [2.05, 4.69) is 15.0 Å². The Morgan fingerprint density at radius 3 is 1.89 bits per heavy atom. The Labute approximate surface area is 202 Å². The molecule has 0 spiro atoms. The fraction of sp³-hybridized carbons (Fsp3) is 0.240. The minimum Gasteiger partial charge on any atom is -0.395 e. The second kappa shape index (κ2) is 11.4. The normalized spacial score (nSPS) is 11.2. The van der Waals surface area contributed by atoms with Gasteiger partial charge in [-0.25, -0.2) is 19.9 Å². The molecule has 4 aromatic rings. The molecule has 10 nitrogen and oxygen atoms in total. The van der Waals surface area contributed by atoms with Gasteiger partial charge in [0, 0.05) is 37.3 Å². The molecule has 0 saturated heterocycles. The van der Waals surface area contributed by atoms with Crippen molar-refractivity contribution in [1.82, 2.24) is 24.4 Å². The second-order valence-electron chi connectivity index (χ2n) is 7.77. The number of hydrogen-bond donors (Lipinski definition) is 2. The number of carbonyl (C=O) groups is 2. The van der Waals surface area contributed by atoms with Crippen LogP contribution in [-0.2, 0) is 6.54 Å². The first kappa shape index (κ1) is 24.1. The molecule has 0 aliphatic rings. The topological polar surface area (TPSA) is 125 Å². The van der Waals surface area contributed by atoms with Crippen LogP contribution in [0.15, 0.2) is 73.3 Å². The van der Waals surface area contributed by atoms with Gasteiger partial charge in [0.1, 0.15) is 6.33 Å². The van der Waals surface area contributed by atoms with Crippen molar-refractivity contribution in [1.29, 1.82) is 0 Å². The third-order valence-electron chi connectivity index (χ3n) is 5.53. The molecule has 0 unspecified atom stereocenters. The van der Waals surface area contributed by atoms with Crippen LogP contribution in [0.4, 0.5) is 5.82 Å². The zero-order valence-corrected chi connectivity index (χ0v) is 19.1. The number of hydrogen-bond acceptors (Lipinski definition) is 8. The second-order valence-corrected chi connectivity index (χ2v) is 7.77. The molecule has 35 heavy (non-hydrogen) atoms. The maximum atomic E-state index is 13.5. The molecule has 0 saturated carbocycles. The highest BCUT2D eigenvalue weighted by atomic mass is 16.3. The first-order valence-corrected chi connectivity index (χ1v) is 11.2. The summed E-state index contributed by atoms with van der Waals surface area (Å²) in [6.07, 6.45) is 2.88. The first-order chi connectivity index (χ1) is 17.1. The lowest BCUT2D eigenvalue weighted by Gasteiger charge is -2.21. The number of anilines is 1. The van der Waals surface area contributed by atoms with E-state index in [-0.39, 0.29) is 19.0 Å². The molecule has 2 aromatic heterocycles. The smallest absolute Gasteiger partial charge is 0.266 e. The summed E-state index contributed by atoms with van der Waals surface area (Å²) in [5.74, 6) is -0.948. The zero-order valence-electron chi connectivity index (χ0n) is 19.1. The maximum Gasteiger partial charge on any atom is 0.266 e. The van der Waals surface area contributed by atoms with Crippen LogP contribution in [0.2, 0.25) is 0 Å². The lowest BCUT2D eigenvalue weighted by molar-refractivity contribution is 0.0896. The zero-order chi connectivity index (χ0) is 24.6. The predicted octanol–water partition coefficient (Wildman–Crippen LogP) is 1.60. The monoisotopic (exact) mass is 474 g/mol. The van der Waals surface area contributed by atoms with E-state index in [4.69, 9.17) is 0 Å². The summed E-state index contributed by atoms with van der Waals surface area (Å²) < 4.78 is 1.79. The molecule has 0 fully saturated rings. The van der Waals surface area contributed by atoms with Crippen molar-refractivity contribution in [2.75, 3.05) is 37.7 Å². The van der Waals surface area contributed by atoms with Gasteiger partial charge in [0.15, 0.2) is 17.0 Å². The number of rotatable bonds is 10. The van der Waals surface area contributed by atoms with Crippen LogP contribution in [-0.4, -0.2) is 79.3 Å². The van der Waals surface area contributed by atoms with E-state index in [9.17, 15) is 19.8 Å². The fourth-order valence-corrected chi connectivity index (χ4v) is 3.77. The van der Waals surface area contributed by atoms with Crippen molar-refractivity contribution in [3.05, 3.63) is 84.4 Å². The lowest BCUT2D eigenvalue weighted by atomic mass is 10.1. The molecule has 180 valence electrons. The van der Waals surface area contributed by atoms with Crippen LogP contribution in [0.5, 0.6) is 0 Å². The van der Waals surface area contributed by atoms with Crippen molar-refractivity contribution >= 4 is 28.8 Å². The van der Waals surface area contributed by atoms with Gasteiger partial charge in [0.2, 0.25) is 0 Å². The Balaban J connectivity index is 1.73. The molecule has 2 aromatic carbocycles. The molecule has 0 atom stereocenters. The van der Waals surface area contributed by atoms with Crippen LogP contribution in [0, 0.1) is 0 Å². The molecule has 4 rings (SSSR count). The number of imide groups is 1. The number of amides is 2. The summed E-state index contributed by atoms with van der Waals surface area (Å²) in [6.45, 7) is 1.84. The molecule has 0 radical (unpaired) electrons. The number of imidazole rings is 1. The van der Waals surface area contributed by atoms with Crippen molar-refractivity contribution < 1.29 is 19.8 Å². The summed E-state index contributed by atoms with van der Waals surface area (Å²) in [5, 5.41) is 18.5. The third kappa shape index (κ3) is 5.40. The van der Waals surface area contributed by atoms with Crippen LogP contribution in [0.1, 0.15) is 20.7 Å². The maximum absolute atomic E-state index is 13.5. The van der Waals surface area contributed by atoms with E-state index in [1.54, 1.807) is 71.6 Å². The molecule has 0 aliphatic carbocycles. The van der Waals surface area contributed by atoms with Crippen molar-refractivity contribution in [2.24, 2.45) is 0 Å². The summed E-state index contributed by atoms with van der Waals surface area (Å²) in [4.78, 5) is 43.1. The largest absolute Gasteiger partial charge is 0.395 e. The standard InChI is InChI=1S/C25H26N6O4/c32-15-13-29(14-16-33)11-12-30-18-28-21-22(30)26-17-27-23(21)31(24(34)19-7-3-1-4-8-19)25(35)20-9-5-2-6-10-20/h1-10,17-18,32-33H,11-16H2. The van der Waals surface area contributed by atoms with Gasteiger partial charge in [-0.3, -0.25) is 14.5 Å². The predicted molar refractivity (Wildman–Crippen MR) is 130 cm³/mol. The fourth-order valence-electron chi connectivity index (χ4n) is 3.77. The molecular formula is C25H26N6O4. The number of benzene rings is 2. The number of fused-ring (bicyclic) bond motifs is 1. The summed E-state index contributed by atoms with van der Waals surface area (Å²) in [7, 11) is 0.